The second-order valence-electron chi connectivity index (χ2n) is 5.23. The predicted molar refractivity (Wildman–Crippen MR) is 82.1 cm³/mol. The van der Waals surface area contributed by atoms with Crippen LogP contribution in [-0.2, 0) is 4.74 Å². The Morgan fingerprint density at radius 1 is 1.13 bits per heavy atom. The number of aliphatic hydroxyl groups is 4. The molecule has 1 aliphatic rings. The highest BCUT2D eigenvalue weighted by atomic mass is 16.7. The Morgan fingerprint density at radius 2 is 1.87 bits per heavy atom. The third kappa shape index (κ3) is 3.82. The summed E-state index contributed by atoms with van der Waals surface area (Å²) in [5.74, 6) is 0.739. The third-order valence-corrected chi connectivity index (χ3v) is 3.64. The summed E-state index contributed by atoms with van der Waals surface area (Å²) in [6.45, 7) is 1.38. The van der Waals surface area contributed by atoms with Crippen molar-refractivity contribution < 1.29 is 34.6 Å². The van der Waals surface area contributed by atoms with E-state index in [2.05, 4.69) is 0 Å². The van der Waals surface area contributed by atoms with Gasteiger partial charge in [0, 0.05) is 0 Å². The Balaban J connectivity index is 2.20. The number of aliphatic hydroxyl groups excluding tert-OH is 4. The number of hydrogen-bond donors (Lipinski definition) is 4. The number of ether oxygens (including phenoxy) is 3. The minimum atomic E-state index is -1.49. The first-order valence-electron chi connectivity index (χ1n) is 7.29. The highest BCUT2D eigenvalue weighted by Crippen LogP contribution is 2.32. The molecule has 0 bridgehead atoms. The third-order valence-electron chi connectivity index (χ3n) is 3.64. The van der Waals surface area contributed by atoms with Crippen LogP contribution < -0.4 is 9.47 Å². The number of benzene rings is 1. The normalized spacial score (nSPS) is 31.3. The van der Waals surface area contributed by atoms with Crippen molar-refractivity contribution in [3.05, 3.63) is 29.8 Å². The van der Waals surface area contributed by atoms with Crippen LogP contribution in [0.4, 0.5) is 0 Å². The second kappa shape index (κ2) is 7.76. The topological polar surface area (TPSA) is 109 Å². The fraction of sp³-hybridized carbons (Fsp3) is 0.500. The SMILES string of the molecule is C/C=C/c1ccc(OC2OC(CO)C(O)C(O)C2O)c(OC)c1. The van der Waals surface area contributed by atoms with Gasteiger partial charge in [-0.15, -0.1) is 0 Å². The smallest absolute Gasteiger partial charge is 0.229 e. The summed E-state index contributed by atoms with van der Waals surface area (Å²) < 4.78 is 16.1. The highest BCUT2D eigenvalue weighted by Gasteiger charge is 2.44. The van der Waals surface area contributed by atoms with E-state index in [-0.39, 0.29) is 0 Å². The van der Waals surface area contributed by atoms with E-state index in [1.54, 1.807) is 18.2 Å². The first-order valence-corrected chi connectivity index (χ1v) is 7.29. The van der Waals surface area contributed by atoms with Gasteiger partial charge < -0.3 is 34.6 Å². The Kier molecular flexibility index (Phi) is 5.97. The van der Waals surface area contributed by atoms with Crippen molar-refractivity contribution in [2.75, 3.05) is 13.7 Å². The molecule has 0 saturated carbocycles. The van der Waals surface area contributed by atoms with E-state index in [1.165, 1.54) is 7.11 Å². The summed E-state index contributed by atoms with van der Waals surface area (Å²) >= 11 is 0. The van der Waals surface area contributed by atoms with Gasteiger partial charge in [0.15, 0.2) is 11.5 Å². The van der Waals surface area contributed by atoms with E-state index in [9.17, 15) is 20.4 Å². The maximum absolute atomic E-state index is 9.99. The van der Waals surface area contributed by atoms with Crippen LogP contribution in [0.3, 0.4) is 0 Å². The van der Waals surface area contributed by atoms with Crippen molar-refractivity contribution in [2.45, 2.75) is 37.6 Å². The van der Waals surface area contributed by atoms with E-state index in [1.807, 2.05) is 19.1 Å². The fourth-order valence-electron chi connectivity index (χ4n) is 2.37. The molecule has 0 aromatic heterocycles. The number of allylic oxidation sites excluding steroid dienone is 1. The van der Waals surface area contributed by atoms with Gasteiger partial charge in [-0.05, 0) is 24.6 Å². The molecule has 23 heavy (non-hydrogen) atoms. The second-order valence-corrected chi connectivity index (χ2v) is 5.23. The number of methoxy groups -OCH3 is 1. The molecule has 2 rings (SSSR count). The highest BCUT2D eigenvalue weighted by molar-refractivity contribution is 5.55. The largest absolute Gasteiger partial charge is 0.493 e. The Bertz CT molecular complexity index is 543. The summed E-state index contributed by atoms with van der Waals surface area (Å²) in [5, 5.41) is 38.7. The molecule has 4 N–H and O–H groups in total. The van der Waals surface area contributed by atoms with Gasteiger partial charge in [0.25, 0.3) is 0 Å². The molecule has 1 fully saturated rings. The van der Waals surface area contributed by atoms with E-state index >= 15 is 0 Å². The van der Waals surface area contributed by atoms with Crippen LogP contribution >= 0.6 is 0 Å². The van der Waals surface area contributed by atoms with Gasteiger partial charge in [0.2, 0.25) is 6.29 Å². The molecule has 1 aromatic rings. The molecular weight excluding hydrogens is 304 g/mol. The van der Waals surface area contributed by atoms with Crippen LogP contribution in [-0.4, -0.2) is 64.8 Å². The molecule has 1 heterocycles. The Morgan fingerprint density at radius 3 is 2.48 bits per heavy atom. The van der Waals surface area contributed by atoms with Gasteiger partial charge in [-0.25, -0.2) is 0 Å². The molecule has 1 aromatic carbocycles. The molecule has 1 saturated heterocycles. The zero-order chi connectivity index (χ0) is 17.0. The molecule has 128 valence electrons. The fourth-order valence-corrected chi connectivity index (χ4v) is 2.37. The maximum atomic E-state index is 9.99. The molecule has 0 amide bonds. The van der Waals surface area contributed by atoms with Crippen LogP contribution in [0.5, 0.6) is 11.5 Å². The standard InChI is InChI=1S/C16H22O7/c1-3-4-9-5-6-10(11(7-9)21-2)22-16-15(20)14(19)13(18)12(8-17)23-16/h3-7,12-20H,8H2,1-2H3/b4-3+. The minimum Gasteiger partial charge on any atom is -0.493 e. The zero-order valence-electron chi connectivity index (χ0n) is 13.0. The Labute approximate surface area is 134 Å². The molecule has 7 heteroatoms. The average Bonchev–Trinajstić information content (AvgIpc) is 2.56. The summed E-state index contributed by atoms with van der Waals surface area (Å²) in [6.07, 6.45) is -2.87. The monoisotopic (exact) mass is 326 g/mol. The Hall–Kier alpha value is -1.64. The van der Waals surface area contributed by atoms with Crippen molar-refractivity contribution in [3.8, 4) is 11.5 Å². The van der Waals surface area contributed by atoms with Crippen LogP contribution in [0.2, 0.25) is 0 Å². The van der Waals surface area contributed by atoms with Crippen molar-refractivity contribution in [1.29, 1.82) is 0 Å². The van der Waals surface area contributed by atoms with Crippen LogP contribution in [0, 0.1) is 0 Å². The molecule has 7 nitrogen and oxygen atoms in total. The van der Waals surface area contributed by atoms with Gasteiger partial charge >= 0.3 is 0 Å². The minimum absolute atomic E-state index is 0.310. The summed E-state index contributed by atoms with van der Waals surface area (Å²) in [7, 11) is 1.48. The van der Waals surface area contributed by atoms with E-state index in [0.717, 1.165) is 5.56 Å². The van der Waals surface area contributed by atoms with Gasteiger partial charge in [-0.2, -0.15) is 0 Å². The van der Waals surface area contributed by atoms with Crippen LogP contribution in [0.25, 0.3) is 6.08 Å². The van der Waals surface area contributed by atoms with Crippen LogP contribution in [0.15, 0.2) is 24.3 Å². The first kappa shape index (κ1) is 17.7. The average molecular weight is 326 g/mol. The van der Waals surface area contributed by atoms with Crippen molar-refractivity contribution in [1.82, 2.24) is 0 Å². The van der Waals surface area contributed by atoms with Crippen molar-refractivity contribution in [2.24, 2.45) is 0 Å². The van der Waals surface area contributed by atoms with E-state index in [0.29, 0.717) is 11.5 Å². The molecule has 0 spiro atoms. The zero-order valence-corrected chi connectivity index (χ0v) is 13.0. The number of rotatable bonds is 5. The van der Waals surface area contributed by atoms with Gasteiger partial charge in [0.1, 0.15) is 24.4 Å². The lowest BCUT2D eigenvalue weighted by Gasteiger charge is -2.39. The van der Waals surface area contributed by atoms with E-state index in [4.69, 9.17) is 14.2 Å². The lowest BCUT2D eigenvalue weighted by molar-refractivity contribution is -0.277. The lowest BCUT2D eigenvalue weighted by atomic mass is 9.99. The van der Waals surface area contributed by atoms with Gasteiger partial charge in [0.05, 0.1) is 13.7 Å². The first-order chi connectivity index (χ1) is 11.0. The summed E-state index contributed by atoms with van der Waals surface area (Å²) in [5.41, 5.74) is 0.908. The van der Waals surface area contributed by atoms with Gasteiger partial charge in [-0.3, -0.25) is 0 Å². The molecular formula is C16H22O7. The van der Waals surface area contributed by atoms with Crippen molar-refractivity contribution >= 4 is 6.08 Å². The maximum Gasteiger partial charge on any atom is 0.229 e. The molecule has 5 unspecified atom stereocenters. The van der Waals surface area contributed by atoms with E-state index < -0.39 is 37.3 Å². The number of hydrogen-bond acceptors (Lipinski definition) is 7. The molecule has 5 atom stereocenters. The predicted octanol–water partition coefficient (Wildman–Crippen LogP) is -0.0930. The molecule has 0 radical (unpaired) electrons. The van der Waals surface area contributed by atoms with Crippen molar-refractivity contribution in [3.63, 3.8) is 0 Å². The molecule has 1 aliphatic heterocycles. The van der Waals surface area contributed by atoms with Gasteiger partial charge in [-0.1, -0.05) is 18.2 Å². The molecule has 0 aliphatic carbocycles. The lowest BCUT2D eigenvalue weighted by Crippen LogP contribution is -2.60. The summed E-state index contributed by atoms with van der Waals surface area (Å²) in [6, 6.07) is 5.19. The quantitative estimate of drug-likeness (QED) is 0.599. The van der Waals surface area contributed by atoms with Crippen LogP contribution in [0.1, 0.15) is 12.5 Å². The summed E-state index contributed by atoms with van der Waals surface area (Å²) in [4.78, 5) is 0.